The first kappa shape index (κ1) is 28.9. The highest BCUT2D eigenvalue weighted by molar-refractivity contribution is 5.92. The van der Waals surface area contributed by atoms with Crippen molar-refractivity contribution in [2.24, 2.45) is 5.41 Å². The second-order valence-corrected chi connectivity index (χ2v) is 7.01. The number of likely N-dealkylation sites (tertiary alicyclic amines) is 1. The van der Waals surface area contributed by atoms with Crippen LogP contribution in [0.1, 0.15) is 74.7 Å². The molecule has 5 rings (SSSR count). The van der Waals surface area contributed by atoms with Gasteiger partial charge in [0.15, 0.2) is 0 Å². The van der Waals surface area contributed by atoms with Crippen LogP contribution in [0.5, 0.6) is 0 Å². The highest BCUT2D eigenvalue weighted by Crippen LogP contribution is 2.47. The molecule has 0 amide bonds. The van der Waals surface area contributed by atoms with Crippen LogP contribution >= 0.6 is 0 Å². The molecule has 2 heterocycles. The van der Waals surface area contributed by atoms with Gasteiger partial charge in [0.25, 0.3) is 0 Å². The van der Waals surface area contributed by atoms with Crippen LogP contribution in [0.25, 0.3) is 22.2 Å². The third-order valence-electron chi connectivity index (χ3n) is 5.14. The Morgan fingerprint density at radius 1 is 0.742 bits per heavy atom. The molecule has 1 aliphatic carbocycles. The van der Waals surface area contributed by atoms with Gasteiger partial charge in [-0.25, -0.2) is 0 Å². The summed E-state index contributed by atoms with van der Waals surface area (Å²) in [7, 11) is 2.21. The van der Waals surface area contributed by atoms with Gasteiger partial charge in [0.05, 0.1) is 11.2 Å². The van der Waals surface area contributed by atoms with E-state index in [1.165, 1.54) is 37.7 Å². The molecular formula is C28H47N3. The van der Waals surface area contributed by atoms with E-state index < -0.39 is 0 Å². The number of hydrogen-bond acceptors (Lipinski definition) is 2. The largest absolute Gasteiger partial charge is 0.305 e. The summed E-state index contributed by atoms with van der Waals surface area (Å²) in [6.45, 7) is 18.8. The first-order chi connectivity index (χ1) is 15.3. The molecule has 0 unspecified atom stereocenters. The van der Waals surface area contributed by atoms with Crippen LogP contribution in [-0.4, -0.2) is 35.2 Å². The molecule has 174 valence electrons. The van der Waals surface area contributed by atoms with E-state index in [4.69, 9.17) is 0 Å². The van der Waals surface area contributed by atoms with Crippen molar-refractivity contribution in [1.82, 2.24) is 15.1 Å². The minimum Gasteiger partial charge on any atom is -0.305 e. The summed E-state index contributed by atoms with van der Waals surface area (Å²) in [5.74, 6) is 0. The first-order valence-corrected chi connectivity index (χ1v) is 12.4. The fourth-order valence-corrected chi connectivity index (χ4v) is 3.87. The Kier molecular flexibility index (Phi) is 15.4. The van der Waals surface area contributed by atoms with Gasteiger partial charge in [0, 0.05) is 24.0 Å². The van der Waals surface area contributed by atoms with Crippen molar-refractivity contribution in [2.75, 3.05) is 20.1 Å². The van der Waals surface area contributed by atoms with Gasteiger partial charge >= 0.3 is 0 Å². The average Bonchev–Trinajstić information content (AvgIpc) is 3.26. The molecule has 1 N–H and O–H groups in total. The maximum Gasteiger partial charge on any atom is 0.0999 e. The van der Waals surface area contributed by atoms with Crippen LogP contribution in [0.2, 0.25) is 0 Å². The lowest BCUT2D eigenvalue weighted by Gasteiger charge is -2.54. The van der Waals surface area contributed by atoms with Crippen molar-refractivity contribution >= 4 is 10.9 Å². The number of H-pyrrole nitrogens is 1. The lowest BCUT2D eigenvalue weighted by Crippen LogP contribution is -2.57. The zero-order chi connectivity index (χ0) is 23.7. The fourth-order valence-electron chi connectivity index (χ4n) is 3.87. The number of benzene rings is 2. The fraction of sp³-hybridized carbons (Fsp3) is 0.536. The SMILES string of the molecule is CC.CC.CC.CC.CN1CC2(CCC2)C1.c1ccc(-c2n[nH]c3ccccc23)cc1. The number of hydrogen-bond donors (Lipinski definition) is 1. The van der Waals surface area contributed by atoms with Gasteiger partial charge in [-0.3, -0.25) is 5.10 Å². The van der Waals surface area contributed by atoms with Crippen molar-refractivity contribution in [1.29, 1.82) is 0 Å². The molecule has 3 aromatic rings. The summed E-state index contributed by atoms with van der Waals surface area (Å²) >= 11 is 0. The standard InChI is InChI=1S/C13H10N2.C7H13N.4C2H6/c1-2-6-10(7-3-1)13-11-8-4-5-9-12(11)14-15-13;1-8-5-7(6-8)3-2-4-7;4*1-2/h1-9H,(H,14,15);2-6H2,1H3;4*1-2H3. The van der Waals surface area contributed by atoms with E-state index in [0.29, 0.717) is 0 Å². The number of para-hydroxylation sites is 1. The van der Waals surface area contributed by atoms with Crippen molar-refractivity contribution < 1.29 is 0 Å². The molecule has 2 fully saturated rings. The molecule has 1 spiro atoms. The van der Waals surface area contributed by atoms with Gasteiger partial charge in [-0.15, -0.1) is 0 Å². The Labute approximate surface area is 192 Å². The Morgan fingerprint density at radius 2 is 1.26 bits per heavy atom. The van der Waals surface area contributed by atoms with Gasteiger partial charge in [-0.1, -0.05) is 110 Å². The number of aromatic amines is 1. The van der Waals surface area contributed by atoms with Gasteiger partial charge < -0.3 is 4.90 Å². The Balaban J connectivity index is 0.000000478. The van der Waals surface area contributed by atoms with Crippen LogP contribution in [0.15, 0.2) is 54.6 Å². The maximum absolute atomic E-state index is 4.34. The molecule has 3 nitrogen and oxygen atoms in total. The van der Waals surface area contributed by atoms with Crippen LogP contribution in [0.4, 0.5) is 0 Å². The van der Waals surface area contributed by atoms with E-state index in [1.807, 2.05) is 91.8 Å². The Bertz CT molecular complexity index is 780. The summed E-state index contributed by atoms with van der Waals surface area (Å²) in [6, 6.07) is 18.4. The summed E-state index contributed by atoms with van der Waals surface area (Å²) in [5.41, 5.74) is 4.09. The van der Waals surface area contributed by atoms with E-state index in [0.717, 1.165) is 22.2 Å². The smallest absolute Gasteiger partial charge is 0.0999 e. The normalized spacial score (nSPS) is 14.7. The topological polar surface area (TPSA) is 31.9 Å². The number of nitrogens with one attached hydrogen (secondary N) is 1. The minimum absolute atomic E-state index is 0.842. The summed E-state index contributed by atoms with van der Waals surface area (Å²) < 4.78 is 0. The molecule has 2 aromatic carbocycles. The lowest BCUT2D eigenvalue weighted by atomic mass is 9.64. The van der Waals surface area contributed by atoms with E-state index >= 15 is 0 Å². The molecule has 3 heteroatoms. The summed E-state index contributed by atoms with van der Waals surface area (Å²) in [6.07, 6.45) is 4.52. The highest BCUT2D eigenvalue weighted by atomic mass is 15.2. The van der Waals surface area contributed by atoms with Crippen LogP contribution in [0, 0.1) is 5.41 Å². The third kappa shape index (κ3) is 8.14. The predicted molar refractivity (Wildman–Crippen MR) is 141 cm³/mol. The van der Waals surface area contributed by atoms with Crippen LogP contribution < -0.4 is 0 Å². The first-order valence-electron chi connectivity index (χ1n) is 12.4. The quantitative estimate of drug-likeness (QED) is 0.424. The van der Waals surface area contributed by atoms with Crippen molar-refractivity contribution in [3.63, 3.8) is 0 Å². The van der Waals surface area contributed by atoms with Crippen LogP contribution in [0.3, 0.4) is 0 Å². The maximum atomic E-state index is 4.34. The van der Waals surface area contributed by atoms with Crippen molar-refractivity contribution in [3.8, 4) is 11.3 Å². The van der Waals surface area contributed by atoms with Gasteiger partial charge in [0.2, 0.25) is 0 Å². The Hall–Kier alpha value is -2.13. The Morgan fingerprint density at radius 3 is 1.71 bits per heavy atom. The molecule has 1 saturated heterocycles. The minimum atomic E-state index is 0.842. The summed E-state index contributed by atoms with van der Waals surface area (Å²) in [5, 5.41) is 8.55. The molecule has 1 aromatic heterocycles. The zero-order valence-corrected chi connectivity index (χ0v) is 21.6. The van der Waals surface area contributed by atoms with Gasteiger partial charge in [-0.2, -0.15) is 5.10 Å². The molecule has 1 aliphatic heterocycles. The monoisotopic (exact) mass is 425 g/mol. The molecule has 2 aliphatic rings. The number of aromatic nitrogens is 2. The van der Waals surface area contributed by atoms with E-state index in [2.05, 4.69) is 40.3 Å². The molecule has 0 bridgehead atoms. The molecule has 31 heavy (non-hydrogen) atoms. The van der Waals surface area contributed by atoms with E-state index in [1.54, 1.807) is 0 Å². The number of nitrogens with zero attached hydrogens (tertiary/aromatic N) is 2. The second-order valence-electron chi connectivity index (χ2n) is 7.01. The second kappa shape index (κ2) is 16.5. The van der Waals surface area contributed by atoms with Crippen LogP contribution in [-0.2, 0) is 0 Å². The molecule has 0 atom stereocenters. The zero-order valence-electron chi connectivity index (χ0n) is 21.6. The number of rotatable bonds is 1. The van der Waals surface area contributed by atoms with Gasteiger partial charge in [0.1, 0.15) is 0 Å². The summed E-state index contributed by atoms with van der Waals surface area (Å²) in [4.78, 5) is 2.42. The predicted octanol–water partition coefficient (Wildman–Crippen LogP) is 8.44. The van der Waals surface area contributed by atoms with Gasteiger partial charge in [-0.05, 0) is 31.4 Å². The molecule has 1 saturated carbocycles. The number of fused-ring (bicyclic) bond motifs is 1. The average molecular weight is 426 g/mol. The van der Waals surface area contributed by atoms with E-state index in [9.17, 15) is 0 Å². The van der Waals surface area contributed by atoms with Crippen molar-refractivity contribution in [3.05, 3.63) is 54.6 Å². The highest BCUT2D eigenvalue weighted by Gasteiger charge is 2.45. The van der Waals surface area contributed by atoms with Crippen molar-refractivity contribution in [2.45, 2.75) is 74.7 Å². The van der Waals surface area contributed by atoms with E-state index in [-0.39, 0.29) is 0 Å². The third-order valence-corrected chi connectivity index (χ3v) is 5.14. The molecule has 0 radical (unpaired) electrons. The molecular weight excluding hydrogens is 378 g/mol. The lowest BCUT2D eigenvalue weighted by molar-refractivity contribution is -0.0436.